The summed E-state index contributed by atoms with van der Waals surface area (Å²) in [5, 5.41) is 0. The van der Waals surface area contributed by atoms with Crippen LogP contribution in [0.5, 0.6) is 0 Å². The zero-order valence-corrected chi connectivity index (χ0v) is 11.2. The van der Waals surface area contributed by atoms with Crippen LogP contribution in [0, 0.1) is 5.41 Å². The Balaban J connectivity index is 4.69. The average Bonchev–Trinajstić information content (AvgIpc) is 2.15. The Kier molecular flexibility index (Phi) is 5.25. The molecule has 0 aliphatic carbocycles. The molecule has 0 radical (unpaired) electrons. The number of rotatable bonds is 6. The van der Waals surface area contributed by atoms with Gasteiger partial charge in [0.15, 0.2) is 12.0 Å². The van der Waals surface area contributed by atoms with Crippen molar-refractivity contribution < 1.29 is 22.4 Å². The molecule has 0 spiro atoms. The van der Waals surface area contributed by atoms with Crippen LogP contribution in [0.15, 0.2) is 0 Å². The number of sulfonamides is 1. The van der Waals surface area contributed by atoms with Crippen molar-refractivity contribution in [1.82, 2.24) is 4.72 Å². The summed E-state index contributed by atoms with van der Waals surface area (Å²) in [6.07, 6.45) is -1.41. The van der Waals surface area contributed by atoms with Gasteiger partial charge in [-0.15, -0.1) is 0 Å². The van der Waals surface area contributed by atoms with Crippen LogP contribution in [0.3, 0.4) is 0 Å². The van der Waals surface area contributed by atoms with Crippen molar-refractivity contribution in [3.05, 3.63) is 0 Å². The maximum Gasteiger partial charge on any atom is 0.242 e. The third-order valence-corrected chi connectivity index (χ3v) is 3.68. The summed E-state index contributed by atoms with van der Waals surface area (Å²) in [6.45, 7) is 5.85. The molecular formula is C10H18FNO4S. The van der Waals surface area contributed by atoms with Crippen molar-refractivity contribution in [3.63, 3.8) is 0 Å². The lowest BCUT2D eigenvalue weighted by molar-refractivity contribution is -0.127. The molecule has 0 saturated heterocycles. The fourth-order valence-corrected chi connectivity index (χ4v) is 2.01. The first-order valence-electron chi connectivity index (χ1n) is 5.23. The van der Waals surface area contributed by atoms with E-state index < -0.39 is 39.1 Å². The van der Waals surface area contributed by atoms with Gasteiger partial charge in [-0.3, -0.25) is 14.3 Å². The minimum absolute atomic E-state index is 0.446. The summed E-state index contributed by atoms with van der Waals surface area (Å²) >= 11 is 0. The van der Waals surface area contributed by atoms with Gasteiger partial charge in [0.25, 0.3) is 0 Å². The molecule has 0 saturated carbocycles. The van der Waals surface area contributed by atoms with Crippen molar-refractivity contribution >= 4 is 21.7 Å². The van der Waals surface area contributed by atoms with E-state index in [2.05, 4.69) is 0 Å². The number of carbonyl (C=O) groups excluding carboxylic acids is 2. The largest absolute Gasteiger partial charge is 0.295 e. The molecule has 1 N–H and O–H groups in total. The second-order valence-electron chi connectivity index (χ2n) is 4.51. The summed E-state index contributed by atoms with van der Waals surface area (Å²) in [5.74, 6) is -2.78. The maximum atomic E-state index is 12.5. The van der Waals surface area contributed by atoms with E-state index in [1.807, 2.05) is 0 Å². The molecule has 0 bridgehead atoms. The maximum absolute atomic E-state index is 12.5. The number of halogens is 1. The molecule has 0 heterocycles. The normalized spacial score (nSPS) is 14.2. The highest BCUT2D eigenvalue weighted by Gasteiger charge is 2.30. The average molecular weight is 267 g/mol. The van der Waals surface area contributed by atoms with Crippen LogP contribution in [0.25, 0.3) is 0 Å². The van der Waals surface area contributed by atoms with Crippen LogP contribution >= 0.6 is 0 Å². The quantitative estimate of drug-likeness (QED) is 0.771. The summed E-state index contributed by atoms with van der Waals surface area (Å²) in [6, 6.07) is 0. The van der Waals surface area contributed by atoms with Crippen LogP contribution in [0.4, 0.5) is 4.39 Å². The Morgan fingerprint density at radius 3 is 2.18 bits per heavy atom. The predicted octanol–water partition coefficient (Wildman–Crippen LogP) is 0.796. The first-order chi connectivity index (χ1) is 7.52. The number of amides is 1. The highest BCUT2D eigenvalue weighted by Crippen LogP contribution is 2.19. The van der Waals surface area contributed by atoms with Crippen LogP contribution in [-0.2, 0) is 19.6 Å². The van der Waals surface area contributed by atoms with Gasteiger partial charge in [-0.05, 0) is 13.3 Å². The van der Waals surface area contributed by atoms with Crippen molar-refractivity contribution in [3.8, 4) is 0 Å². The van der Waals surface area contributed by atoms with E-state index >= 15 is 0 Å². The van der Waals surface area contributed by atoms with Crippen LogP contribution in [0.1, 0.15) is 34.1 Å². The number of Topliss-reactive ketones (excluding diaryl/α,β-unsaturated/α-hetero) is 1. The summed E-state index contributed by atoms with van der Waals surface area (Å²) < 4.78 is 37.1. The third-order valence-electron chi connectivity index (χ3n) is 2.52. The Morgan fingerprint density at radius 2 is 1.82 bits per heavy atom. The van der Waals surface area contributed by atoms with Gasteiger partial charge in [0.2, 0.25) is 15.9 Å². The lowest BCUT2D eigenvalue weighted by atomic mass is 9.90. The number of hydrogen-bond donors (Lipinski definition) is 1. The fourth-order valence-electron chi connectivity index (χ4n) is 0.778. The van der Waals surface area contributed by atoms with Gasteiger partial charge >= 0.3 is 0 Å². The van der Waals surface area contributed by atoms with Gasteiger partial charge in [0.1, 0.15) is 5.75 Å². The minimum Gasteiger partial charge on any atom is -0.295 e. The molecule has 0 fully saturated rings. The molecule has 0 aliphatic heterocycles. The van der Waals surface area contributed by atoms with Crippen molar-refractivity contribution in [2.75, 3.05) is 5.75 Å². The molecule has 1 atom stereocenters. The van der Waals surface area contributed by atoms with E-state index in [9.17, 15) is 22.4 Å². The molecule has 1 unspecified atom stereocenters. The zero-order valence-electron chi connectivity index (χ0n) is 10.4. The number of alkyl halides is 1. The highest BCUT2D eigenvalue weighted by molar-refractivity contribution is 7.90. The fraction of sp³-hybridized carbons (Fsp3) is 0.800. The molecule has 0 aliphatic rings. The second kappa shape index (κ2) is 5.57. The molecule has 5 nitrogen and oxygen atoms in total. The van der Waals surface area contributed by atoms with E-state index in [1.165, 1.54) is 0 Å². The topological polar surface area (TPSA) is 80.3 Å². The Labute approximate surface area is 101 Å². The molecule has 0 aromatic rings. The zero-order chi connectivity index (χ0) is 13.9. The Hall–Kier alpha value is -0.980. The molecule has 0 rings (SSSR count). The van der Waals surface area contributed by atoms with Crippen molar-refractivity contribution in [2.24, 2.45) is 5.41 Å². The van der Waals surface area contributed by atoms with Gasteiger partial charge < -0.3 is 0 Å². The van der Waals surface area contributed by atoms with E-state index in [0.29, 0.717) is 6.42 Å². The van der Waals surface area contributed by atoms with E-state index in [0.717, 1.165) is 6.92 Å². The first kappa shape index (κ1) is 16.0. The second-order valence-corrected chi connectivity index (χ2v) is 6.23. The lowest BCUT2D eigenvalue weighted by Gasteiger charge is -2.21. The molecule has 7 heteroatoms. The Bertz CT molecular complexity index is 401. The molecular weight excluding hydrogens is 249 g/mol. The standard InChI is InChI=1S/C10H18FNO4S/c1-5-10(3,4)9(14)12-17(15,16)6-8(13)7(2)11/h7H,5-6H2,1-4H3,(H,12,14). The van der Waals surface area contributed by atoms with Crippen LogP contribution in [-0.4, -0.2) is 32.0 Å². The molecule has 0 aromatic carbocycles. The van der Waals surface area contributed by atoms with Gasteiger partial charge in [0, 0.05) is 5.41 Å². The number of carbonyl (C=O) groups is 2. The number of hydrogen-bond acceptors (Lipinski definition) is 4. The smallest absolute Gasteiger partial charge is 0.242 e. The summed E-state index contributed by atoms with van der Waals surface area (Å²) in [5.41, 5.74) is -0.850. The molecule has 17 heavy (non-hydrogen) atoms. The van der Waals surface area contributed by atoms with E-state index in [1.54, 1.807) is 25.5 Å². The van der Waals surface area contributed by atoms with Crippen molar-refractivity contribution in [2.45, 2.75) is 40.3 Å². The van der Waals surface area contributed by atoms with E-state index in [4.69, 9.17) is 0 Å². The first-order valence-corrected chi connectivity index (χ1v) is 6.89. The third kappa shape index (κ3) is 5.25. The van der Waals surface area contributed by atoms with Crippen LogP contribution < -0.4 is 4.72 Å². The molecule has 1 amide bonds. The monoisotopic (exact) mass is 267 g/mol. The molecule has 0 aromatic heterocycles. The summed E-state index contributed by atoms with van der Waals surface area (Å²) in [7, 11) is -4.11. The van der Waals surface area contributed by atoms with Crippen molar-refractivity contribution in [1.29, 1.82) is 0 Å². The predicted molar refractivity (Wildman–Crippen MR) is 61.6 cm³/mol. The number of nitrogens with one attached hydrogen (secondary N) is 1. The van der Waals surface area contributed by atoms with E-state index in [-0.39, 0.29) is 0 Å². The van der Waals surface area contributed by atoms with Gasteiger partial charge in [0.05, 0.1) is 0 Å². The molecule has 100 valence electrons. The highest BCUT2D eigenvalue weighted by atomic mass is 32.2. The summed E-state index contributed by atoms with van der Waals surface area (Å²) in [4.78, 5) is 22.5. The minimum atomic E-state index is -4.11. The lowest BCUT2D eigenvalue weighted by Crippen LogP contribution is -2.43. The van der Waals surface area contributed by atoms with Gasteiger partial charge in [-0.2, -0.15) is 0 Å². The van der Waals surface area contributed by atoms with Gasteiger partial charge in [-0.1, -0.05) is 20.8 Å². The van der Waals surface area contributed by atoms with Gasteiger partial charge in [-0.25, -0.2) is 12.8 Å². The van der Waals surface area contributed by atoms with Crippen LogP contribution in [0.2, 0.25) is 0 Å². The number of ketones is 1. The SMILES string of the molecule is CCC(C)(C)C(=O)NS(=O)(=O)CC(=O)C(C)F. The Morgan fingerprint density at radius 1 is 1.35 bits per heavy atom.